The van der Waals surface area contributed by atoms with Crippen molar-refractivity contribution >= 4 is 23.5 Å². The molecule has 3 rings (SSSR count). The highest BCUT2D eigenvalue weighted by Gasteiger charge is 2.32. The predicted molar refractivity (Wildman–Crippen MR) is 82.6 cm³/mol. The fourth-order valence-corrected chi connectivity index (χ4v) is 3.49. The quantitative estimate of drug-likeness (QED) is 0.942. The lowest BCUT2D eigenvalue weighted by molar-refractivity contribution is 0.209. The van der Waals surface area contributed by atoms with Crippen molar-refractivity contribution in [2.24, 2.45) is 0 Å². The van der Waals surface area contributed by atoms with Crippen LogP contribution in [0, 0.1) is 0 Å². The number of methoxy groups -OCH3 is 1. The number of hydrogen-bond acceptors (Lipinski definition) is 4. The maximum Gasteiger partial charge on any atom is 0.323 e. The van der Waals surface area contributed by atoms with Gasteiger partial charge in [0, 0.05) is 12.3 Å². The molecule has 1 atom stereocenters. The van der Waals surface area contributed by atoms with Gasteiger partial charge in [-0.25, -0.2) is 4.79 Å². The number of carbonyl (C=O) groups excluding carboxylic acids is 1. The monoisotopic (exact) mass is 304 g/mol. The van der Waals surface area contributed by atoms with Gasteiger partial charge < -0.3 is 19.4 Å². The van der Waals surface area contributed by atoms with Crippen LogP contribution in [0.3, 0.4) is 0 Å². The van der Waals surface area contributed by atoms with Gasteiger partial charge in [-0.2, -0.15) is 0 Å². The number of para-hydroxylation sites is 2. The van der Waals surface area contributed by atoms with Crippen LogP contribution in [-0.4, -0.2) is 30.3 Å². The Morgan fingerprint density at radius 1 is 1.38 bits per heavy atom. The Morgan fingerprint density at radius 2 is 2.24 bits per heavy atom. The van der Waals surface area contributed by atoms with E-state index in [9.17, 15) is 4.79 Å². The summed E-state index contributed by atoms with van der Waals surface area (Å²) in [6, 6.07) is 11.0. The number of nitrogens with one attached hydrogen (secondary N) is 1. The smallest absolute Gasteiger partial charge is 0.323 e. The Bertz CT molecular complexity index is 615. The van der Waals surface area contributed by atoms with Gasteiger partial charge in [0.2, 0.25) is 0 Å². The summed E-state index contributed by atoms with van der Waals surface area (Å²) in [6.07, 6.45) is 1.63. The van der Waals surface area contributed by atoms with Crippen LogP contribution in [0.1, 0.15) is 11.1 Å². The molecule has 6 heteroatoms. The average molecular weight is 304 g/mol. The zero-order valence-corrected chi connectivity index (χ0v) is 12.4. The molecular formula is C15H16N2O3S. The first kappa shape index (κ1) is 13.9. The molecule has 1 saturated heterocycles. The van der Waals surface area contributed by atoms with Gasteiger partial charge in [0.25, 0.3) is 0 Å². The Hall–Kier alpha value is -2.08. The van der Waals surface area contributed by atoms with Gasteiger partial charge >= 0.3 is 6.03 Å². The number of benzene rings is 1. The van der Waals surface area contributed by atoms with E-state index in [0.717, 1.165) is 11.5 Å². The van der Waals surface area contributed by atoms with Gasteiger partial charge in [0.15, 0.2) is 0 Å². The molecule has 1 aromatic carbocycles. The van der Waals surface area contributed by atoms with Crippen molar-refractivity contribution in [3.63, 3.8) is 0 Å². The van der Waals surface area contributed by atoms with Gasteiger partial charge in [0.1, 0.15) is 16.9 Å². The highest BCUT2D eigenvalue weighted by atomic mass is 32.2. The molecule has 0 saturated carbocycles. The summed E-state index contributed by atoms with van der Waals surface area (Å²) in [5, 5.41) is 2.83. The third-order valence-corrected chi connectivity index (χ3v) is 4.51. The largest absolute Gasteiger partial charge is 0.495 e. The molecule has 5 nitrogen and oxygen atoms in total. The van der Waals surface area contributed by atoms with E-state index in [1.54, 1.807) is 30.0 Å². The average Bonchev–Trinajstić information content (AvgIpc) is 3.18. The molecule has 110 valence electrons. The summed E-state index contributed by atoms with van der Waals surface area (Å²) < 4.78 is 10.7. The van der Waals surface area contributed by atoms with E-state index in [2.05, 4.69) is 5.32 Å². The molecule has 2 amide bonds. The van der Waals surface area contributed by atoms with E-state index in [4.69, 9.17) is 9.15 Å². The van der Waals surface area contributed by atoms with Crippen LogP contribution < -0.4 is 10.1 Å². The van der Waals surface area contributed by atoms with Crippen molar-refractivity contribution in [3.05, 3.63) is 48.4 Å². The fourth-order valence-electron chi connectivity index (χ4n) is 2.28. The summed E-state index contributed by atoms with van der Waals surface area (Å²) in [5.74, 6) is 2.34. The predicted octanol–water partition coefficient (Wildman–Crippen LogP) is 3.57. The number of urea groups is 1. The molecule has 0 aliphatic carbocycles. The Labute approximate surface area is 127 Å². The molecule has 1 unspecified atom stereocenters. The standard InChI is InChI=1S/C15H16N2O3S/c1-19-12-6-3-2-5-11(12)16-15(18)17-8-10-21-14(17)13-7-4-9-20-13/h2-7,9,14H,8,10H2,1H3,(H,16,18). The number of furan rings is 1. The number of carbonyl (C=O) groups is 1. The summed E-state index contributed by atoms with van der Waals surface area (Å²) in [6.45, 7) is 0.691. The number of nitrogens with zero attached hydrogens (tertiary/aromatic N) is 1. The SMILES string of the molecule is COc1ccccc1NC(=O)N1CCSC1c1ccco1. The van der Waals surface area contributed by atoms with Crippen LogP contribution in [0.5, 0.6) is 5.75 Å². The van der Waals surface area contributed by atoms with E-state index in [1.165, 1.54) is 0 Å². The number of amides is 2. The van der Waals surface area contributed by atoms with Crippen LogP contribution in [0.15, 0.2) is 47.1 Å². The van der Waals surface area contributed by atoms with Crippen molar-refractivity contribution in [2.75, 3.05) is 24.7 Å². The van der Waals surface area contributed by atoms with Gasteiger partial charge in [0.05, 0.1) is 19.1 Å². The second-order valence-electron chi connectivity index (χ2n) is 4.56. The van der Waals surface area contributed by atoms with Crippen LogP contribution in [0.25, 0.3) is 0 Å². The zero-order valence-electron chi connectivity index (χ0n) is 11.6. The van der Waals surface area contributed by atoms with Crippen molar-refractivity contribution < 1.29 is 13.9 Å². The van der Waals surface area contributed by atoms with Crippen molar-refractivity contribution in [2.45, 2.75) is 5.37 Å². The molecule has 1 N–H and O–H groups in total. The summed E-state index contributed by atoms with van der Waals surface area (Å²) in [4.78, 5) is 14.3. The molecular weight excluding hydrogens is 288 g/mol. The summed E-state index contributed by atoms with van der Waals surface area (Å²) in [7, 11) is 1.59. The minimum atomic E-state index is -0.147. The van der Waals surface area contributed by atoms with Crippen molar-refractivity contribution in [3.8, 4) is 5.75 Å². The van der Waals surface area contributed by atoms with Crippen LogP contribution in [-0.2, 0) is 0 Å². The van der Waals surface area contributed by atoms with Crippen molar-refractivity contribution in [1.82, 2.24) is 4.90 Å². The van der Waals surface area contributed by atoms with E-state index < -0.39 is 0 Å². The molecule has 1 fully saturated rings. The summed E-state index contributed by atoms with van der Waals surface area (Å²) >= 11 is 1.70. The maximum atomic E-state index is 12.5. The molecule has 1 aliphatic rings. The molecule has 2 heterocycles. The topological polar surface area (TPSA) is 54.7 Å². The van der Waals surface area contributed by atoms with Crippen LogP contribution in [0.2, 0.25) is 0 Å². The first-order valence-electron chi connectivity index (χ1n) is 6.65. The second kappa shape index (κ2) is 6.13. The Kier molecular flexibility index (Phi) is 4.06. The van der Waals surface area contributed by atoms with E-state index >= 15 is 0 Å². The highest BCUT2D eigenvalue weighted by Crippen LogP contribution is 2.38. The lowest BCUT2D eigenvalue weighted by atomic mass is 10.3. The Balaban J connectivity index is 1.75. The second-order valence-corrected chi connectivity index (χ2v) is 5.75. The molecule has 0 radical (unpaired) electrons. The molecule has 2 aromatic rings. The maximum absolute atomic E-state index is 12.5. The first-order valence-corrected chi connectivity index (χ1v) is 7.70. The van der Waals surface area contributed by atoms with E-state index in [0.29, 0.717) is 18.0 Å². The molecule has 1 aromatic heterocycles. The molecule has 0 bridgehead atoms. The number of rotatable bonds is 3. The van der Waals surface area contributed by atoms with Gasteiger partial charge in [-0.1, -0.05) is 12.1 Å². The van der Waals surface area contributed by atoms with Crippen LogP contribution >= 0.6 is 11.8 Å². The lowest BCUT2D eigenvalue weighted by Crippen LogP contribution is -2.34. The molecule has 1 aliphatic heterocycles. The number of hydrogen-bond donors (Lipinski definition) is 1. The number of thioether (sulfide) groups is 1. The lowest BCUT2D eigenvalue weighted by Gasteiger charge is -2.23. The number of ether oxygens (including phenoxy) is 1. The normalized spacial score (nSPS) is 17.8. The molecule has 0 spiro atoms. The van der Waals surface area contributed by atoms with Gasteiger partial charge in [-0.3, -0.25) is 0 Å². The first-order chi connectivity index (χ1) is 10.3. The van der Waals surface area contributed by atoms with Crippen LogP contribution in [0.4, 0.5) is 10.5 Å². The third-order valence-electron chi connectivity index (χ3n) is 3.29. The number of anilines is 1. The molecule has 21 heavy (non-hydrogen) atoms. The van der Waals surface area contributed by atoms with Gasteiger partial charge in [-0.05, 0) is 24.3 Å². The summed E-state index contributed by atoms with van der Waals surface area (Å²) in [5.41, 5.74) is 0.667. The third kappa shape index (κ3) is 2.85. The highest BCUT2D eigenvalue weighted by molar-refractivity contribution is 7.99. The van der Waals surface area contributed by atoms with Gasteiger partial charge in [-0.15, -0.1) is 11.8 Å². The van der Waals surface area contributed by atoms with E-state index in [-0.39, 0.29) is 11.4 Å². The Morgan fingerprint density at radius 3 is 3.00 bits per heavy atom. The minimum Gasteiger partial charge on any atom is -0.495 e. The zero-order chi connectivity index (χ0) is 14.7. The van der Waals surface area contributed by atoms with Crippen molar-refractivity contribution in [1.29, 1.82) is 0 Å². The fraction of sp³-hybridized carbons (Fsp3) is 0.267. The minimum absolute atomic E-state index is 0.0743. The van der Waals surface area contributed by atoms with E-state index in [1.807, 2.05) is 36.4 Å².